The minimum atomic E-state index is -0.225. The molecule has 2 aromatic rings. The van der Waals surface area contributed by atoms with Crippen molar-refractivity contribution in [3.63, 3.8) is 0 Å². The Bertz CT molecular complexity index is 929. The molecule has 0 saturated carbocycles. The van der Waals surface area contributed by atoms with Crippen LogP contribution in [0.5, 0.6) is 5.75 Å². The van der Waals surface area contributed by atoms with Gasteiger partial charge in [-0.15, -0.1) is 0 Å². The number of fused-ring (bicyclic) bond motifs is 1. The molecule has 0 bridgehead atoms. The highest BCUT2D eigenvalue weighted by atomic mass is 19.1. The number of rotatable bonds is 4. The number of aryl methyl sites for hydroxylation is 2. The fourth-order valence-electron chi connectivity index (χ4n) is 4.87. The molecule has 0 unspecified atom stereocenters. The average molecular weight is 410 g/mol. The van der Waals surface area contributed by atoms with Crippen molar-refractivity contribution in [3.05, 3.63) is 64.5 Å². The number of benzene rings is 2. The minimum absolute atomic E-state index is 0.119. The molecule has 0 N–H and O–H groups in total. The molecule has 0 radical (unpaired) electrons. The first-order valence-corrected chi connectivity index (χ1v) is 11.3. The number of carbonyl (C=O) groups excluding carboxylic acids is 1. The van der Waals surface area contributed by atoms with Gasteiger partial charge >= 0.3 is 0 Å². The van der Waals surface area contributed by atoms with Crippen LogP contribution in [0.4, 0.5) is 4.39 Å². The second-order valence-corrected chi connectivity index (χ2v) is 9.26. The van der Waals surface area contributed by atoms with Crippen LogP contribution < -0.4 is 4.74 Å². The zero-order valence-corrected chi connectivity index (χ0v) is 18.3. The van der Waals surface area contributed by atoms with Gasteiger partial charge in [0.1, 0.15) is 17.2 Å². The molecule has 1 saturated heterocycles. The smallest absolute Gasteiger partial charge is 0.253 e. The SMILES string of the molecule is CCc1cc(C(=O)N2CCC3(CCc4cc(F)ccc4O3)CC2)ccc1CC(C)C. The second kappa shape index (κ2) is 8.41. The van der Waals surface area contributed by atoms with Gasteiger partial charge in [0.2, 0.25) is 0 Å². The number of ether oxygens (including phenoxy) is 1. The summed E-state index contributed by atoms with van der Waals surface area (Å²) in [5.74, 6) is 1.32. The number of amides is 1. The zero-order chi connectivity index (χ0) is 21.3. The maximum absolute atomic E-state index is 13.5. The van der Waals surface area contributed by atoms with Gasteiger partial charge < -0.3 is 9.64 Å². The van der Waals surface area contributed by atoms with Crippen molar-refractivity contribution in [2.24, 2.45) is 5.92 Å². The quantitative estimate of drug-likeness (QED) is 0.659. The van der Waals surface area contributed by atoms with Gasteiger partial charge in [-0.1, -0.05) is 26.8 Å². The van der Waals surface area contributed by atoms with Crippen LogP contribution in [-0.4, -0.2) is 29.5 Å². The topological polar surface area (TPSA) is 29.5 Å². The lowest BCUT2D eigenvalue weighted by atomic mass is 9.83. The van der Waals surface area contributed by atoms with Gasteiger partial charge in [0.25, 0.3) is 5.91 Å². The average Bonchev–Trinajstić information content (AvgIpc) is 2.74. The molecule has 1 amide bonds. The van der Waals surface area contributed by atoms with E-state index < -0.39 is 0 Å². The molecule has 0 aliphatic carbocycles. The zero-order valence-electron chi connectivity index (χ0n) is 18.3. The Morgan fingerprint density at radius 2 is 1.87 bits per heavy atom. The largest absolute Gasteiger partial charge is 0.487 e. The Kier molecular flexibility index (Phi) is 5.86. The number of nitrogens with zero attached hydrogens (tertiary/aromatic N) is 1. The van der Waals surface area contributed by atoms with Gasteiger partial charge in [0, 0.05) is 31.5 Å². The van der Waals surface area contributed by atoms with Crippen LogP contribution in [-0.2, 0) is 19.3 Å². The highest BCUT2D eigenvalue weighted by Gasteiger charge is 2.40. The van der Waals surface area contributed by atoms with E-state index in [0.29, 0.717) is 19.0 Å². The van der Waals surface area contributed by atoms with Crippen molar-refractivity contribution >= 4 is 5.91 Å². The van der Waals surface area contributed by atoms with Crippen LogP contribution in [0, 0.1) is 11.7 Å². The van der Waals surface area contributed by atoms with Gasteiger partial charge in [-0.05, 0) is 78.6 Å². The first kappa shape index (κ1) is 20.9. The molecule has 4 heteroatoms. The van der Waals surface area contributed by atoms with Gasteiger partial charge in [-0.3, -0.25) is 4.79 Å². The van der Waals surface area contributed by atoms with Gasteiger partial charge in [0.15, 0.2) is 0 Å². The van der Waals surface area contributed by atoms with E-state index in [1.807, 2.05) is 11.0 Å². The Labute approximate surface area is 179 Å². The summed E-state index contributed by atoms with van der Waals surface area (Å²) in [5, 5.41) is 0. The number of carbonyl (C=O) groups is 1. The number of hydrogen-bond acceptors (Lipinski definition) is 2. The standard InChI is InChI=1S/C26H32FNO2/c1-4-19-16-22(6-5-20(19)15-18(2)3)25(29)28-13-11-26(12-14-28)10-9-21-17-23(27)7-8-24(21)30-26/h5-8,16-18H,4,9-15H2,1-3H3. The van der Waals surface area contributed by atoms with Crippen LogP contribution in [0.1, 0.15) is 67.1 Å². The van der Waals surface area contributed by atoms with E-state index in [0.717, 1.165) is 55.4 Å². The number of hydrogen-bond donors (Lipinski definition) is 0. The Hall–Kier alpha value is -2.36. The molecule has 2 aliphatic rings. The van der Waals surface area contributed by atoms with Crippen molar-refractivity contribution in [3.8, 4) is 5.75 Å². The third kappa shape index (κ3) is 4.23. The Morgan fingerprint density at radius 1 is 1.10 bits per heavy atom. The maximum Gasteiger partial charge on any atom is 0.253 e. The minimum Gasteiger partial charge on any atom is -0.487 e. The second-order valence-electron chi connectivity index (χ2n) is 9.26. The van der Waals surface area contributed by atoms with E-state index in [1.165, 1.54) is 17.2 Å². The fourth-order valence-corrected chi connectivity index (χ4v) is 4.87. The van der Waals surface area contributed by atoms with Crippen LogP contribution in [0.25, 0.3) is 0 Å². The molecule has 30 heavy (non-hydrogen) atoms. The summed E-state index contributed by atoms with van der Waals surface area (Å²) < 4.78 is 19.8. The van der Waals surface area contributed by atoms with E-state index >= 15 is 0 Å². The Balaban J connectivity index is 1.43. The highest BCUT2D eigenvalue weighted by molar-refractivity contribution is 5.94. The summed E-state index contributed by atoms with van der Waals surface area (Å²) in [7, 11) is 0. The lowest BCUT2D eigenvalue weighted by Crippen LogP contribution is -2.51. The van der Waals surface area contributed by atoms with Gasteiger partial charge in [-0.25, -0.2) is 4.39 Å². The molecule has 1 spiro atoms. The Morgan fingerprint density at radius 3 is 2.57 bits per heavy atom. The van der Waals surface area contributed by atoms with Crippen molar-refractivity contribution in [1.29, 1.82) is 0 Å². The maximum atomic E-state index is 13.5. The van der Waals surface area contributed by atoms with E-state index in [4.69, 9.17) is 4.74 Å². The summed E-state index contributed by atoms with van der Waals surface area (Å²) in [6.07, 6.45) is 5.35. The van der Waals surface area contributed by atoms with Crippen molar-refractivity contribution < 1.29 is 13.9 Å². The molecular weight excluding hydrogens is 377 g/mol. The first-order valence-electron chi connectivity index (χ1n) is 11.3. The normalized spacial score (nSPS) is 17.7. The number of likely N-dealkylation sites (tertiary alicyclic amines) is 1. The van der Waals surface area contributed by atoms with Crippen LogP contribution in [0.3, 0.4) is 0 Å². The third-order valence-electron chi connectivity index (χ3n) is 6.62. The van der Waals surface area contributed by atoms with E-state index in [9.17, 15) is 9.18 Å². The molecular formula is C26H32FNO2. The van der Waals surface area contributed by atoms with E-state index in [1.54, 1.807) is 12.1 Å². The molecule has 160 valence electrons. The molecule has 0 aromatic heterocycles. The van der Waals surface area contributed by atoms with Crippen molar-refractivity contribution in [2.75, 3.05) is 13.1 Å². The summed E-state index contributed by atoms with van der Waals surface area (Å²) in [6.45, 7) is 8.01. The molecule has 2 heterocycles. The van der Waals surface area contributed by atoms with E-state index in [2.05, 4.69) is 32.9 Å². The predicted octanol–water partition coefficient (Wildman–Crippen LogP) is 5.59. The molecule has 1 fully saturated rings. The summed E-state index contributed by atoms with van der Waals surface area (Å²) >= 11 is 0. The summed E-state index contributed by atoms with van der Waals surface area (Å²) in [6, 6.07) is 11.0. The molecule has 2 aliphatic heterocycles. The summed E-state index contributed by atoms with van der Waals surface area (Å²) in [5.41, 5.74) is 4.15. The monoisotopic (exact) mass is 409 g/mol. The number of halogens is 1. The van der Waals surface area contributed by atoms with Gasteiger partial charge in [-0.2, -0.15) is 0 Å². The molecule has 0 atom stereocenters. The first-order chi connectivity index (χ1) is 14.4. The summed E-state index contributed by atoms with van der Waals surface area (Å²) in [4.78, 5) is 15.1. The third-order valence-corrected chi connectivity index (χ3v) is 6.62. The van der Waals surface area contributed by atoms with E-state index in [-0.39, 0.29) is 17.3 Å². The van der Waals surface area contributed by atoms with Crippen molar-refractivity contribution in [1.82, 2.24) is 4.90 Å². The molecule has 3 nitrogen and oxygen atoms in total. The molecule has 2 aromatic carbocycles. The highest BCUT2D eigenvalue weighted by Crippen LogP contribution is 2.39. The predicted molar refractivity (Wildman–Crippen MR) is 118 cm³/mol. The van der Waals surface area contributed by atoms with Crippen LogP contribution in [0.2, 0.25) is 0 Å². The van der Waals surface area contributed by atoms with Crippen LogP contribution in [0.15, 0.2) is 36.4 Å². The fraction of sp³-hybridized carbons (Fsp3) is 0.500. The van der Waals surface area contributed by atoms with Gasteiger partial charge in [0.05, 0.1) is 0 Å². The van der Waals surface area contributed by atoms with Crippen molar-refractivity contribution in [2.45, 2.75) is 64.9 Å². The van der Waals surface area contributed by atoms with Crippen LogP contribution >= 0.6 is 0 Å². The number of piperidine rings is 1. The lowest BCUT2D eigenvalue weighted by molar-refractivity contribution is -0.0108. The molecule has 4 rings (SSSR count). The lowest BCUT2D eigenvalue weighted by Gasteiger charge is -2.44.